The lowest BCUT2D eigenvalue weighted by molar-refractivity contribution is 0.413. The van der Waals surface area contributed by atoms with Crippen molar-refractivity contribution in [1.82, 2.24) is 4.98 Å². The number of nitrogens with one attached hydrogen (secondary N) is 1. The second-order valence-electron chi connectivity index (χ2n) is 5.77. The minimum Gasteiger partial charge on any atom is -0.497 e. The molecule has 0 aliphatic heterocycles. The van der Waals surface area contributed by atoms with Crippen molar-refractivity contribution < 1.29 is 21.6 Å². The molecule has 0 radical (unpaired) electrons. The average Bonchev–Trinajstić information content (AvgIpc) is 3.06. The van der Waals surface area contributed by atoms with E-state index in [-0.39, 0.29) is 15.0 Å². The van der Waals surface area contributed by atoms with Crippen molar-refractivity contribution in [2.75, 3.05) is 17.6 Å². The molecule has 0 unspecified atom stereocenters. The van der Waals surface area contributed by atoms with Crippen molar-refractivity contribution in [1.29, 1.82) is 0 Å². The highest BCUT2D eigenvalue weighted by Crippen LogP contribution is 2.30. The minimum atomic E-state index is -3.81. The fourth-order valence-corrected chi connectivity index (χ4v) is 6.24. The Morgan fingerprint density at radius 3 is 2.59 bits per heavy atom. The first-order valence-electron chi connectivity index (χ1n) is 8.05. The van der Waals surface area contributed by atoms with Crippen LogP contribution in [-0.4, -0.2) is 34.7 Å². The minimum absolute atomic E-state index is 0.0299. The van der Waals surface area contributed by atoms with Gasteiger partial charge < -0.3 is 4.74 Å². The summed E-state index contributed by atoms with van der Waals surface area (Å²) in [4.78, 5) is 4.23. The van der Waals surface area contributed by atoms with E-state index in [1.54, 1.807) is 37.3 Å². The molecule has 0 spiro atoms. The van der Waals surface area contributed by atoms with Crippen LogP contribution in [0.5, 0.6) is 5.75 Å². The summed E-state index contributed by atoms with van der Waals surface area (Å²) in [6, 6.07) is 10.9. The number of anilines is 1. The quantitative estimate of drug-likeness (QED) is 0.622. The van der Waals surface area contributed by atoms with Crippen molar-refractivity contribution in [3.8, 4) is 5.75 Å². The summed E-state index contributed by atoms with van der Waals surface area (Å²) < 4.78 is 57.7. The Kier molecular flexibility index (Phi) is 5.41. The van der Waals surface area contributed by atoms with Crippen molar-refractivity contribution in [3.05, 3.63) is 42.5 Å². The highest BCUT2D eigenvalue weighted by atomic mass is 32.2. The van der Waals surface area contributed by atoms with Crippen molar-refractivity contribution in [2.24, 2.45) is 0 Å². The van der Waals surface area contributed by atoms with E-state index in [0.29, 0.717) is 28.1 Å². The number of aromatic nitrogens is 1. The van der Waals surface area contributed by atoms with E-state index in [9.17, 15) is 16.8 Å². The summed E-state index contributed by atoms with van der Waals surface area (Å²) in [5.74, 6) is 0.462. The number of ether oxygens (including phenoxy) is 1. The van der Waals surface area contributed by atoms with E-state index in [0.717, 1.165) is 11.3 Å². The summed E-state index contributed by atoms with van der Waals surface area (Å²) in [6.07, 6.45) is 0.504. The maximum absolute atomic E-state index is 12.6. The number of thiazole rings is 1. The average molecular weight is 427 g/mol. The maximum Gasteiger partial charge on any atom is 0.262 e. The Morgan fingerprint density at radius 1 is 1.11 bits per heavy atom. The number of hydrogen-bond acceptors (Lipinski definition) is 7. The number of sulfone groups is 1. The van der Waals surface area contributed by atoms with Crippen LogP contribution in [0.15, 0.2) is 51.7 Å². The number of hydrogen-bond donors (Lipinski definition) is 1. The molecule has 0 amide bonds. The highest BCUT2D eigenvalue weighted by molar-refractivity contribution is 7.93. The molecule has 10 heteroatoms. The van der Waals surface area contributed by atoms with Crippen LogP contribution >= 0.6 is 11.3 Å². The molecule has 144 valence electrons. The number of rotatable bonds is 7. The van der Waals surface area contributed by atoms with E-state index in [1.807, 2.05) is 0 Å². The van der Waals surface area contributed by atoms with Crippen LogP contribution in [0.1, 0.15) is 13.3 Å². The third-order valence-electron chi connectivity index (χ3n) is 3.71. The molecule has 1 heterocycles. The standard InChI is InChI=1S/C17H18N2O5S3/c1-3-9-26(20,21)17-18-15-8-7-12(10-16(15)25-17)19-27(22,23)14-6-4-5-13(11-14)24-2/h4-8,10-11,19H,3,9H2,1-2H3. The third-order valence-corrected chi connectivity index (χ3v) is 8.48. The molecule has 3 rings (SSSR count). The molecule has 0 fully saturated rings. The Balaban J connectivity index is 1.93. The zero-order valence-corrected chi connectivity index (χ0v) is 17.1. The topological polar surface area (TPSA) is 102 Å². The van der Waals surface area contributed by atoms with Crippen LogP contribution in [0.4, 0.5) is 5.69 Å². The largest absolute Gasteiger partial charge is 0.497 e. The molecule has 2 aromatic carbocycles. The van der Waals surface area contributed by atoms with Crippen LogP contribution in [0.2, 0.25) is 0 Å². The van der Waals surface area contributed by atoms with Gasteiger partial charge in [0, 0.05) is 6.07 Å². The number of benzene rings is 2. The molecule has 0 saturated carbocycles. The number of sulfonamides is 1. The molecule has 0 aliphatic rings. The Labute approximate surface area is 162 Å². The predicted octanol–water partition coefficient (Wildman–Crippen LogP) is 3.29. The van der Waals surface area contributed by atoms with Gasteiger partial charge in [0.05, 0.1) is 33.7 Å². The van der Waals surface area contributed by atoms with Gasteiger partial charge in [0.25, 0.3) is 10.0 Å². The van der Waals surface area contributed by atoms with Crippen molar-refractivity contribution in [2.45, 2.75) is 22.6 Å². The smallest absolute Gasteiger partial charge is 0.262 e. The van der Waals surface area contributed by atoms with E-state index < -0.39 is 19.9 Å². The van der Waals surface area contributed by atoms with E-state index in [1.165, 1.54) is 19.2 Å². The van der Waals surface area contributed by atoms with Gasteiger partial charge in [-0.25, -0.2) is 21.8 Å². The van der Waals surface area contributed by atoms with Crippen LogP contribution < -0.4 is 9.46 Å². The number of fused-ring (bicyclic) bond motifs is 1. The zero-order valence-electron chi connectivity index (χ0n) is 14.7. The summed E-state index contributed by atoms with van der Waals surface area (Å²) in [5.41, 5.74) is 0.840. The Morgan fingerprint density at radius 2 is 1.89 bits per heavy atom. The first-order valence-corrected chi connectivity index (χ1v) is 12.0. The fourth-order valence-electron chi connectivity index (χ4n) is 2.44. The van der Waals surface area contributed by atoms with Gasteiger partial charge in [-0.3, -0.25) is 4.72 Å². The summed E-state index contributed by atoms with van der Waals surface area (Å²) in [6.45, 7) is 1.79. The Bertz CT molecular complexity index is 1180. The van der Waals surface area contributed by atoms with Crippen LogP contribution in [-0.2, 0) is 19.9 Å². The Hall–Kier alpha value is -2.17. The normalized spacial score (nSPS) is 12.2. The highest BCUT2D eigenvalue weighted by Gasteiger charge is 2.20. The molecule has 3 aromatic rings. The molecule has 7 nitrogen and oxygen atoms in total. The lowest BCUT2D eigenvalue weighted by Crippen LogP contribution is -2.12. The zero-order chi connectivity index (χ0) is 19.7. The molecule has 0 bridgehead atoms. The molecule has 27 heavy (non-hydrogen) atoms. The number of methoxy groups -OCH3 is 1. The summed E-state index contributed by atoms with van der Waals surface area (Å²) in [5, 5.41) is 0. The third kappa shape index (κ3) is 4.23. The molecule has 1 aromatic heterocycles. The van der Waals surface area contributed by atoms with Crippen molar-refractivity contribution in [3.63, 3.8) is 0 Å². The molecular formula is C17H18N2O5S3. The first kappa shape index (κ1) is 19.6. The van der Waals surface area contributed by atoms with Crippen LogP contribution in [0, 0.1) is 0 Å². The molecule has 0 atom stereocenters. The van der Waals surface area contributed by atoms with Gasteiger partial charge in [-0.05, 0) is 36.8 Å². The predicted molar refractivity (Wildman–Crippen MR) is 106 cm³/mol. The van der Waals surface area contributed by atoms with Gasteiger partial charge in [-0.15, -0.1) is 11.3 Å². The second-order valence-corrected chi connectivity index (χ2v) is 10.8. The van der Waals surface area contributed by atoms with E-state index in [4.69, 9.17) is 4.74 Å². The molecule has 0 aliphatic carbocycles. The van der Waals surface area contributed by atoms with Gasteiger partial charge >= 0.3 is 0 Å². The molecule has 1 N–H and O–H groups in total. The second kappa shape index (κ2) is 7.45. The van der Waals surface area contributed by atoms with Crippen LogP contribution in [0.25, 0.3) is 10.2 Å². The molecule has 0 saturated heterocycles. The van der Waals surface area contributed by atoms with Crippen LogP contribution in [0.3, 0.4) is 0 Å². The summed E-state index contributed by atoms with van der Waals surface area (Å²) in [7, 11) is -5.77. The maximum atomic E-state index is 12.6. The van der Waals surface area contributed by atoms with Gasteiger partial charge in [0.15, 0.2) is 0 Å². The SMILES string of the molecule is CCCS(=O)(=O)c1nc2ccc(NS(=O)(=O)c3cccc(OC)c3)cc2s1. The van der Waals surface area contributed by atoms with Crippen molar-refractivity contribution >= 4 is 47.1 Å². The lowest BCUT2D eigenvalue weighted by atomic mass is 10.3. The fraction of sp³-hybridized carbons (Fsp3) is 0.235. The molecular weight excluding hydrogens is 408 g/mol. The van der Waals surface area contributed by atoms with Gasteiger partial charge in [-0.1, -0.05) is 13.0 Å². The first-order chi connectivity index (χ1) is 12.7. The van der Waals surface area contributed by atoms with Gasteiger partial charge in [-0.2, -0.15) is 0 Å². The monoisotopic (exact) mass is 426 g/mol. The summed E-state index contributed by atoms with van der Waals surface area (Å²) >= 11 is 1.03. The van der Waals surface area contributed by atoms with E-state index >= 15 is 0 Å². The lowest BCUT2D eigenvalue weighted by Gasteiger charge is -2.09. The van der Waals surface area contributed by atoms with Gasteiger partial charge in [0.1, 0.15) is 5.75 Å². The number of nitrogens with zero attached hydrogens (tertiary/aromatic N) is 1. The van der Waals surface area contributed by atoms with E-state index in [2.05, 4.69) is 9.71 Å². The van der Waals surface area contributed by atoms with Gasteiger partial charge in [0.2, 0.25) is 14.2 Å².